The zero-order valence-corrected chi connectivity index (χ0v) is 7.11. The van der Waals surface area contributed by atoms with E-state index in [2.05, 4.69) is 18.2 Å². The Bertz CT molecular complexity index is 195. The van der Waals surface area contributed by atoms with Crippen LogP contribution in [0.25, 0.3) is 0 Å². The standard InChI is InChI=1S/C10H15N/c1-3-5-10-8-11-7-6-9(10)4-2/h2,11H,3,5-8H2,1H3. The van der Waals surface area contributed by atoms with Crippen LogP contribution < -0.4 is 5.32 Å². The summed E-state index contributed by atoms with van der Waals surface area (Å²) in [7, 11) is 0. The van der Waals surface area contributed by atoms with Crippen molar-refractivity contribution >= 4 is 0 Å². The molecular formula is C10H15N. The van der Waals surface area contributed by atoms with Gasteiger partial charge in [-0.1, -0.05) is 19.3 Å². The highest BCUT2D eigenvalue weighted by atomic mass is 14.9. The molecule has 0 atom stereocenters. The van der Waals surface area contributed by atoms with Gasteiger partial charge in [0.15, 0.2) is 0 Å². The third-order valence-electron chi connectivity index (χ3n) is 2.04. The lowest BCUT2D eigenvalue weighted by atomic mass is 9.98. The van der Waals surface area contributed by atoms with Gasteiger partial charge in [-0.3, -0.25) is 0 Å². The maximum atomic E-state index is 5.39. The third-order valence-corrected chi connectivity index (χ3v) is 2.04. The van der Waals surface area contributed by atoms with Gasteiger partial charge in [-0.2, -0.15) is 0 Å². The van der Waals surface area contributed by atoms with Crippen molar-refractivity contribution in [2.75, 3.05) is 13.1 Å². The minimum Gasteiger partial charge on any atom is -0.313 e. The lowest BCUT2D eigenvalue weighted by Gasteiger charge is -2.17. The number of nitrogens with one attached hydrogen (secondary N) is 1. The van der Waals surface area contributed by atoms with Gasteiger partial charge in [-0.25, -0.2) is 0 Å². The zero-order valence-electron chi connectivity index (χ0n) is 7.11. The summed E-state index contributed by atoms with van der Waals surface area (Å²) < 4.78 is 0. The van der Waals surface area contributed by atoms with Gasteiger partial charge in [0.1, 0.15) is 0 Å². The van der Waals surface area contributed by atoms with Gasteiger partial charge in [0, 0.05) is 18.7 Å². The Morgan fingerprint density at radius 2 is 2.45 bits per heavy atom. The van der Waals surface area contributed by atoms with Crippen molar-refractivity contribution in [1.82, 2.24) is 5.32 Å². The summed E-state index contributed by atoms with van der Waals surface area (Å²) in [6.07, 6.45) is 8.79. The summed E-state index contributed by atoms with van der Waals surface area (Å²) >= 11 is 0. The molecule has 0 aromatic heterocycles. The van der Waals surface area contributed by atoms with Gasteiger partial charge in [-0.05, 0) is 18.4 Å². The molecule has 1 heterocycles. The second kappa shape index (κ2) is 4.20. The highest BCUT2D eigenvalue weighted by Crippen LogP contribution is 2.15. The third kappa shape index (κ3) is 2.10. The van der Waals surface area contributed by atoms with E-state index in [9.17, 15) is 0 Å². The Hall–Kier alpha value is -0.740. The smallest absolute Gasteiger partial charge is 0.0176 e. The van der Waals surface area contributed by atoms with Crippen LogP contribution in [0.5, 0.6) is 0 Å². The minimum absolute atomic E-state index is 1.01. The van der Waals surface area contributed by atoms with E-state index in [1.54, 1.807) is 0 Å². The number of hydrogen-bond donors (Lipinski definition) is 1. The largest absolute Gasteiger partial charge is 0.313 e. The van der Waals surface area contributed by atoms with Crippen LogP contribution in [0.2, 0.25) is 0 Å². The van der Waals surface area contributed by atoms with E-state index in [1.165, 1.54) is 17.6 Å². The molecule has 1 aliphatic rings. The minimum atomic E-state index is 1.01. The fraction of sp³-hybridized carbons (Fsp3) is 0.600. The summed E-state index contributed by atoms with van der Waals surface area (Å²) in [6.45, 7) is 4.25. The average Bonchev–Trinajstić information content (AvgIpc) is 2.06. The maximum absolute atomic E-state index is 5.39. The van der Waals surface area contributed by atoms with Gasteiger partial charge in [0.05, 0.1) is 0 Å². The van der Waals surface area contributed by atoms with E-state index in [-0.39, 0.29) is 0 Å². The van der Waals surface area contributed by atoms with Crippen LogP contribution in [0.4, 0.5) is 0 Å². The zero-order chi connectivity index (χ0) is 8.10. The fourth-order valence-electron chi connectivity index (χ4n) is 1.45. The molecule has 1 aliphatic heterocycles. The predicted octanol–water partition coefficient (Wildman–Crippen LogP) is 1.71. The van der Waals surface area contributed by atoms with Crippen molar-refractivity contribution in [2.24, 2.45) is 0 Å². The lowest BCUT2D eigenvalue weighted by Crippen LogP contribution is -2.24. The Balaban J connectivity index is 2.67. The lowest BCUT2D eigenvalue weighted by molar-refractivity contribution is 0.660. The van der Waals surface area contributed by atoms with Crippen LogP contribution in [0.15, 0.2) is 11.1 Å². The molecule has 0 aromatic carbocycles. The molecule has 1 nitrogen and oxygen atoms in total. The van der Waals surface area contributed by atoms with Gasteiger partial charge in [-0.15, -0.1) is 6.42 Å². The molecule has 0 aromatic rings. The molecular weight excluding hydrogens is 134 g/mol. The van der Waals surface area contributed by atoms with Crippen molar-refractivity contribution < 1.29 is 0 Å². The fourth-order valence-corrected chi connectivity index (χ4v) is 1.45. The average molecular weight is 149 g/mol. The molecule has 0 fully saturated rings. The molecule has 0 amide bonds. The molecule has 1 N–H and O–H groups in total. The van der Waals surface area contributed by atoms with Gasteiger partial charge >= 0.3 is 0 Å². The van der Waals surface area contributed by atoms with E-state index >= 15 is 0 Å². The van der Waals surface area contributed by atoms with Gasteiger partial charge in [0.25, 0.3) is 0 Å². The Morgan fingerprint density at radius 3 is 3.09 bits per heavy atom. The van der Waals surface area contributed by atoms with Crippen LogP contribution in [0, 0.1) is 12.3 Å². The van der Waals surface area contributed by atoms with Crippen LogP contribution in [-0.4, -0.2) is 13.1 Å². The van der Waals surface area contributed by atoms with Gasteiger partial charge < -0.3 is 5.32 Å². The first kappa shape index (κ1) is 8.36. The summed E-state index contributed by atoms with van der Waals surface area (Å²) in [5.74, 6) is 2.78. The first-order valence-corrected chi connectivity index (χ1v) is 4.26. The number of rotatable bonds is 2. The topological polar surface area (TPSA) is 12.0 Å². The summed E-state index contributed by atoms with van der Waals surface area (Å²) in [4.78, 5) is 0. The molecule has 60 valence electrons. The Kier molecular flexibility index (Phi) is 3.19. The van der Waals surface area contributed by atoms with E-state index in [1.807, 2.05) is 0 Å². The maximum Gasteiger partial charge on any atom is 0.0176 e. The van der Waals surface area contributed by atoms with Crippen LogP contribution >= 0.6 is 0 Å². The molecule has 0 saturated heterocycles. The molecule has 0 saturated carbocycles. The van der Waals surface area contributed by atoms with Crippen molar-refractivity contribution in [1.29, 1.82) is 0 Å². The molecule has 1 heteroatoms. The summed E-state index contributed by atoms with van der Waals surface area (Å²) in [5.41, 5.74) is 2.69. The summed E-state index contributed by atoms with van der Waals surface area (Å²) in [5, 5.41) is 3.33. The van der Waals surface area contributed by atoms with Gasteiger partial charge in [0.2, 0.25) is 0 Å². The van der Waals surface area contributed by atoms with Crippen molar-refractivity contribution in [3.63, 3.8) is 0 Å². The highest BCUT2D eigenvalue weighted by Gasteiger charge is 2.08. The second-order valence-corrected chi connectivity index (χ2v) is 2.90. The normalized spacial score (nSPS) is 18.2. The molecule has 11 heavy (non-hydrogen) atoms. The molecule has 0 spiro atoms. The van der Waals surface area contributed by atoms with Crippen LogP contribution in [-0.2, 0) is 0 Å². The quantitative estimate of drug-likeness (QED) is 0.589. The molecule has 0 radical (unpaired) electrons. The van der Waals surface area contributed by atoms with Crippen molar-refractivity contribution in [3.8, 4) is 12.3 Å². The van der Waals surface area contributed by atoms with Crippen LogP contribution in [0.1, 0.15) is 26.2 Å². The summed E-state index contributed by atoms with van der Waals surface area (Å²) in [6, 6.07) is 0. The van der Waals surface area contributed by atoms with Crippen molar-refractivity contribution in [2.45, 2.75) is 26.2 Å². The Morgan fingerprint density at radius 1 is 1.64 bits per heavy atom. The van der Waals surface area contributed by atoms with E-state index in [4.69, 9.17) is 6.42 Å². The number of terminal acetylenes is 1. The molecule has 0 bridgehead atoms. The molecule has 1 rings (SSSR count). The Labute approximate surface area is 68.9 Å². The van der Waals surface area contributed by atoms with E-state index < -0.39 is 0 Å². The van der Waals surface area contributed by atoms with Crippen molar-refractivity contribution in [3.05, 3.63) is 11.1 Å². The number of hydrogen-bond acceptors (Lipinski definition) is 1. The molecule has 0 unspecified atom stereocenters. The monoisotopic (exact) mass is 149 g/mol. The predicted molar refractivity (Wildman–Crippen MR) is 48.3 cm³/mol. The SMILES string of the molecule is C#CC1=C(CCC)CNCC1. The second-order valence-electron chi connectivity index (χ2n) is 2.90. The van der Waals surface area contributed by atoms with E-state index in [0.29, 0.717) is 0 Å². The first-order valence-electron chi connectivity index (χ1n) is 4.26. The van der Waals surface area contributed by atoms with Crippen LogP contribution in [0.3, 0.4) is 0 Å². The highest BCUT2D eigenvalue weighted by molar-refractivity contribution is 5.33. The first-order chi connectivity index (χ1) is 5.38. The van der Waals surface area contributed by atoms with E-state index in [0.717, 1.165) is 25.9 Å². The molecule has 0 aliphatic carbocycles.